The van der Waals surface area contributed by atoms with Crippen LogP contribution in [0.3, 0.4) is 0 Å². The average Bonchev–Trinajstić information content (AvgIpc) is 2.99. The fraction of sp³-hybridized carbons (Fsp3) is 0.158. The van der Waals surface area contributed by atoms with Crippen molar-refractivity contribution in [3.63, 3.8) is 0 Å². The SMILES string of the molecule is CC(=O)Nc1ccc(NC(=O)[C@@H](N)Cc2c[nH]c3ccccc23)cc1. The summed E-state index contributed by atoms with van der Waals surface area (Å²) < 4.78 is 0. The summed E-state index contributed by atoms with van der Waals surface area (Å²) in [5.74, 6) is -0.393. The van der Waals surface area contributed by atoms with Crippen LogP contribution >= 0.6 is 0 Å². The van der Waals surface area contributed by atoms with Crippen molar-refractivity contribution in [1.82, 2.24) is 4.98 Å². The first-order valence-corrected chi connectivity index (χ1v) is 8.02. The molecule has 0 radical (unpaired) electrons. The van der Waals surface area contributed by atoms with Gasteiger partial charge < -0.3 is 21.4 Å². The maximum Gasteiger partial charge on any atom is 0.241 e. The molecule has 0 aliphatic carbocycles. The second-order valence-electron chi connectivity index (χ2n) is 5.92. The van der Waals surface area contributed by atoms with Crippen LogP contribution in [-0.4, -0.2) is 22.8 Å². The Hall–Kier alpha value is -3.12. The molecule has 1 aromatic heterocycles. The van der Waals surface area contributed by atoms with E-state index >= 15 is 0 Å². The lowest BCUT2D eigenvalue weighted by Crippen LogP contribution is -2.37. The van der Waals surface area contributed by atoms with Crippen molar-refractivity contribution in [2.45, 2.75) is 19.4 Å². The molecular formula is C19H20N4O2. The number of hydrogen-bond donors (Lipinski definition) is 4. The number of H-pyrrole nitrogens is 1. The van der Waals surface area contributed by atoms with E-state index in [9.17, 15) is 9.59 Å². The van der Waals surface area contributed by atoms with Gasteiger partial charge in [0.05, 0.1) is 6.04 Å². The zero-order valence-corrected chi connectivity index (χ0v) is 13.9. The Labute approximate surface area is 145 Å². The Balaban J connectivity index is 1.63. The lowest BCUT2D eigenvalue weighted by Gasteiger charge is -2.12. The number of fused-ring (bicyclic) bond motifs is 1. The number of nitrogens with two attached hydrogens (primary N) is 1. The highest BCUT2D eigenvalue weighted by atomic mass is 16.2. The number of para-hydroxylation sites is 1. The molecule has 6 heteroatoms. The summed E-state index contributed by atoms with van der Waals surface area (Å²) in [5, 5.41) is 6.55. The third-order valence-corrected chi connectivity index (χ3v) is 3.92. The fourth-order valence-electron chi connectivity index (χ4n) is 2.71. The van der Waals surface area contributed by atoms with Crippen LogP contribution in [0.1, 0.15) is 12.5 Å². The predicted octanol–water partition coefficient (Wildman–Crippen LogP) is 2.63. The van der Waals surface area contributed by atoms with Crippen molar-refractivity contribution in [3.05, 3.63) is 60.3 Å². The molecule has 25 heavy (non-hydrogen) atoms. The zero-order valence-electron chi connectivity index (χ0n) is 13.9. The Kier molecular flexibility index (Phi) is 4.81. The largest absolute Gasteiger partial charge is 0.361 e. The zero-order chi connectivity index (χ0) is 17.8. The topological polar surface area (TPSA) is 100 Å². The minimum Gasteiger partial charge on any atom is -0.361 e. The molecule has 0 saturated carbocycles. The molecule has 128 valence electrons. The van der Waals surface area contributed by atoms with Gasteiger partial charge in [-0.2, -0.15) is 0 Å². The van der Waals surface area contributed by atoms with Gasteiger partial charge in [-0.25, -0.2) is 0 Å². The van der Waals surface area contributed by atoms with Gasteiger partial charge in [-0.3, -0.25) is 9.59 Å². The summed E-state index contributed by atoms with van der Waals surface area (Å²) in [6.07, 6.45) is 2.33. The number of nitrogens with one attached hydrogen (secondary N) is 3. The monoisotopic (exact) mass is 336 g/mol. The van der Waals surface area contributed by atoms with Crippen molar-refractivity contribution in [1.29, 1.82) is 0 Å². The minimum absolute atomic E-state index is 0.141. The molecule has 3 aromatic rings. The van der Waals surface area contributed by atoms with Crippen LogP contribution in [0.15, 0.2) is 54.7 Å². The summed E-state index contributed by atoms with van der Waals surface area (Å²) in [6, 6.07) is 14.2. The molecule has 0 bridgehead atoms. The molecule has 0 spiro atoms. The highest BCUT2D eigenvalue weighted by Gasteiger charge is 2.16. The second-order valence-corrected chi connectivity index (χ2v) is 5.92. The molecule has 2 aromatic carbocycles. The Morgan fingerprint density at radius 3 is 2.36 bits per heavy atom. The first kappa shape index (κ1) is 16.7. The number of aromatic nitrogens is 1. The first-order chi connectivity index (χ1) is 12.0. The van der Waals surface area contributed by atoms with Crippen LogP contribution in [0.2, 0.25) is 0 Å². The Bertz CT molecular complexity index is 899. The number of amides is 2. The van der Waals surface area contributed by atoms with Crippen molar-refractivity contribution in [2.75, 3.05) is 10.6 Å². The number of anilines is 2. The lowest BCUT2D eigenvalue weighted by atomic mass is 10.0. The maximum atomic E-state index is 12.3. The number of carbonyl (C=O) groups is 2. The molecular weight excluding hydrogens is 316 g/mol. The minimum atomic E-state index is -0.658. The van der Waals surface area contributed by atoms with Gasteiger partial charge in [-0.05, 0) is 42.3 Å². The van der Waals surface area contributed by atoms with Gasteiger partial charge in [0.25, 0.3) is 0 Å². The van der Waals surface area contributed by atoms with Gasteiger partial charge in [-0.1, -0.05) is 18.2 Å². The third kappa shape index (κ3) is 4.05. The maximum absolute atomic E-state index is 12.3. The van der Waals surface area contributed by atoms with Gasteiger partial charge in [0, 0.05) is 35.4 Å². The Morgan fingerprint density at radius 1 is 1.04 bits per heavy atom. The Morgan fingerprint density at radius 2 is 1.68 bits per heavy atom. The van der Waals surface area contributed by atoms with E-state index in [2.05, 4.69) is 15.6 Å². The van der Waals surface area contributed by atoms with Gasteiger partial charge in [0.15, 0.2) is 0 Å². The van der Waals surface area contributed by atoms with Crippen LogP contribution in [-0.2, 0) is 16.0 Å². The first-order valence-electron chi connectivity index (χ1n) is 8.02. The van der Waals surface area contributed by atoms with Crippen molar-refractivity contribution in [2.24, 2.45) is 5.73 Å². The van der Waals surface area contributed by atoms with Gasteiger partial charge >= 0.3 is 0 Å². The van der Waals surface area contributed by atoms with E-state index in [0.29, 0.717) is 17.8 Å². The highest BCUT2D eigenvalue weighted by molar-refractivity contribution is 5.96. The average molecular weight is 336 g/mol. The second kappa shape index (κ2) is 7.19. The number of benzene rings is 2. The summed E-state index contributed by atoms with van der Waals surface area (Å²) >= 11 is 0. The van der Waals surface area contributed by atoms with E-state index < -0.39 is 6.04 Å². The molecule has 5 N–H and O–H groups in total. The van der Waals surface area contributed by atoms with Crippen LogP contribution in [0, 0.1) is 0 Å². The standard InChI is InChI=1S/C19H20N4O2/c1-12(24)22-14-6-8-15(9-7-14)23-19(25)17(20)10-13-11-21-18-5-3-2-4-16(13)18/h2-9,11,17,21H,10,20H2,1H3,(H,22,24)(H,23,25)/t17-/m0/s1. The van der Waals surface area contributed by atoms with Crippen molar-refractivity contribution < 1.29 is 9.59 Å². The lowest BCUT2D eigenvalue weighted by molar-refractivity contribution is -0.117. The quantitative estimate of drug-likeness (QED) is 0.576. The molecule has 0 aliphatic heterocycles. The van der Waals surface area contributed by atoms with Crippen LogP contribution in [0.4, 0.5) is 11.4 Å². The normalized spacial score (nSPS) is 11.9. The summed E-state index contributed by atoms with van der Waals surface area (Å²) in [4.78, 5) is 26.5. The van der Waals surface area contributed by atoms with E-state index in [1.165, 1.54) is 6.92 Å². The predicted molar refractivity (Wildman–Crippen MR) is 99.4 cm³/mol. The third-order valence-electron chi connectivity index (χ3n) is 3.92. The number of hydrogen-bond acceptors (Lipinski definition) is 3. The molecule has 1 heterocycles. The van der Waals surface area contributed by atoms with E-state index in [1.54, 1.807) is 24.3 Å². The van der Waals surface area contributed by atoms with E-state index in [1.807, 2.05) is 30.5 Å². The molecule has 6 nitrogen and oxygen atoms in total. The van der Waals surface area contributed by atoms with E-state index in [4.69, 9.17) is 5.73 Å². The number of rotatable bonds is 5. The number of carbonyl (C=O) groups excluding carboxylic acids is 2. The number of aromatic amines is 1. The van der Waals surface area contributed by atoms with Crippen LogP contribution in [0.5, 0.6) is 0 Å². The molecule has 0 fully saturated rings. The summed E-state index contributed by atoms with van der Waals surface area (Å²) in [6.45, 7) is 1.44. The van der Waals surface area contributed by atoms with Crippen molar-refractivity contribution in [3.8, 4) is 0 Å². The molecule has 2 amide bonds. The van der Waals surface area contributed by atoms with Gasteiger partial charge in [-0.15, -0.1) is 0 Å². The summed E-state index contributed by atoms with van der Waals surface area (Å²) in [7, 11) is 0. The molecule has 3 rings (SSSR count). The van der Waals surface area contributed by atoms with Crippen LogP contribution in [0.25, 0.3) is 10.9 Å². The highest BCUT2D eigenvalue weighted by Crippen LogP contribution is 2.19. The van der Waals surface area contributed by atoms with Gasteiger partial charge in [0.2, 0.25) is 11.8 Å². The van der Waals surface area contributed by atoms with Gasteiger partial charge in [0.1, 0.15) is 0 Å². The van der Waals surface area contributed by atoms with Crippen LogP contribution < -0.4 is 16.4 Å². The smallest absolute Gasteiger partial charge is 0.241 e. The molecule has 1 atom stereocenters. The fourth-order valence-corrected chi connectivity index (χ4v) is 2.71. The molecule has 0 unspecified atom stereocenters. The molecule has 0 aliphatic rings. The van der Waals surface area contributed by atoms with E-state index in [0.717, 1.165) is 16.5 Å². The van der Waals surface area contributed by atoms with Crippen molar-refractivity contribution >= 4 is 34.1 Å². The van der Waals surface area contributed by atoms with E-state index in [-0.39, 0.29) is 11.8 Å². The summed E-state index contributed by atoms with van der Waals surface area (Å²) in [5.41, 5.74) is 9.41. The molecule has 0 saturated heterocycles.